The van der Waals surface area contributed by atoms with Crippen molar-refractivity contribution in [3.05, 3.63) is 64.8 Å². The Hall–Kier alpha value is -2.40. The second kappa shape index (κ2) is 5.54. The molecule has 21 heavy (non-hydrogen) atoms. The molecule has 1 aliphatic rings. The highest BCUT2D eigenvalue weighted by Crippen LogP contribution is 2.36. The number of pyridine rings is 1. The highest BCUT2D eigenvalue weighted by molar-refractivity contribution is 8.19. The number of carbonyl (C=O) groups is 2. The van der Waals surface area contributed by atoms with Gasteiger partial charge in [-0.15, -0.1) is 0 Å². The number of amides is 2. The van der Waals surface area contributed by atoms with E-state index in [0.29, 0.717) is 10.6 Å². The van der Waals surface area contributed by atoms with Gasteiger partial charge in [-0.25, -0.2) is 4.90 Å². The molecular formula is C16H12N2O2S. The van der Waals surface area contributed by atoms with Gasteiger partial charge in [0.2, 0.25) is 0 Å². The first-order valence-corrected chi connectivity index (χ1v) is 7.22. The van der Waals surface area contributed by atoms with Gasteiger partial charge in [0.05, 0.1) is 10.6 Å². The molecular weight excluding hydrogens is 284 g/mol. The SMILES string of the molecule is Cc1ccccc1N1C(=O)S/C(=C\c2ccncc2)C1=O. The summed E-state index contributed by atoms with van der Waals surface area (Å²) in [7, 11) is 0. The number of imide groups is 1. The van der Waals surface area contributed by atoms with Crippen LogP contribution in [0, 0.1) is 6.92 Å². The van der Waals surface area contributed by atoms with Crippen LogP contribution in [0.5, 0.6) is 0 Å². The van der Waals surface area contributed by atoms with Crippen molar-refractivity contribution in [2.24, 2.45) is 0 Å². The van der Waals surface area contributed by atoms with E-state index in [1.807, 2.05) is 25.1 Å². The van der Waals surface area contributed by atoms with Crippen molar-refractivity contribution in [1.29, 1.82) is 0 Å². The van der Waals surface area contributed by atoms with Gasteiger partial charge < -0.3 is 0 Å². The molecule has 0 atom stereocenters. The number of hydrogen-bond donors (Lipinski definition) is 0. The maximum Gasteiger partial charge on any atom is 0.298 e. The highest BCUT2D eigenvalue weighted by Gasteiger charge is 2.36. The smallest absolute Gasteiger partial charge is 0.268 e. The third-order valence-electron chi connectivity index (χ3n) is 3.15. The average molecular weight is 296 g/mol. The molecule has 2 heterocycles. The lowest BCUT2D eigenvalue weighted by Gasteiger charge is -2.14. The molecule has 1 fully saturated rings. The highest BCUT2D eigenvalue weighted by atomic mass is 32.2. The largest absolute Gasteiger partial charge is 0.298 e. The number of hydrogen-bond acceptors (Lipinski definition) is 4. The number of para-hydroxylation sites is 1. The summed E-state index contributed by atoms with van der Waals surface area (Å²) in [5.41, 5.74) is 2.38. The van der Waals surface area contributed by atoms with E-state index in [9.17, 15) is 9.59 Å². The fraction of sp³-hybridized carbons (Fsp3) is 0.0625. The molecule has 1 saturated heterocycles. The molecule has 2 aromatic rings. The number of aromatic nitrogens is 1. The molecule has 1 aliphatic heterocycles. The predicted octanol–water partition coefficient (Wildman–Crippen LogP) is 3.63. The maximum atomic E-state index is 12.5. The molecule has 0 radical (unpaired) electrons. The Morgan fingerprint density at radius 2 is 1.81 bits per heavy atom. The van der Waals surface area contributed by atoms with Crippen molar-refractivity contribution in [1.82, 2.24) is 4.98 Å². The van der Waals surface area contributed by atoms with Crippen LogP contribution in [-0.2, 0) is 4.79 Å². The summed E-state index contributed by atoms with van der Waals surface area (Å²) in [6.45, 7) is 1.88. The van der Waals surface area contributed by atoms with E-state index in [-0.39, 0.29) is 11.1 Å². The molecule has 2 amide bonds. The third kappa shape index (κ3) is 2.60. The fourth-order valence-electron chi connectivity index (χ4n) is 2.10. The Bertz CT molecular complexity index is 741. The molecule has 0 N–H and O–H groups in total. The Labute approximate surface area is 126 Å². The van der Waals surface area contributed by atoms with Crippen molar-refractivity contribution in [2.75, 3.05) is 4.90 Å². The summed E-state index contributed by atoms with van der Waals surface area (Å²) in [5, 5.41) is -0.269. The van der Waals surface area contributed by atoms with Gasteiger partial charge in [0.1, 0.15) is 0 Å². The van der Waals surface area contributed by atoms with Crippen LogP contribution in [0.1, 0.15) is 11.1 Å². The predicted molar refractivity (Wildman–Crippen MR) is 83.9 cm³/mol. The first-order chi connectivity index (χ1) is 10.2. The topological polar surface area (TPSA) is 50.3 Å². The van der Waals surface area contributed by atoms with E-state index >= 15 is 0 Å². The number of aryl methyl sites for hydroxylation is 1. The van der Waals surface area contributed by atoms with Crippen molar-refractivity contribution in [3.8, 4) is 0 Å². The van der Waals surface area contributed by atoms with Gasteiger partial charge in [0.15, 0.2) is 0 Å². The van der Waals surface area contributed by atoms with Gasteiger partial charge in [-0.05, 0) is 54.1 Å². The third-order valence-corrected chi connectivity index (χ3v) is 4.02. The normalized spacial score (nSPS) is 16.8. The minimum atomic E-state index is -0.281. The van der Waals surface area contributed by atoms with Gasteiger partial charge in [-0.3, -0.25) is 14.6 Å². The van der Waals surface area contributed by atoms with Gasteiger partial charge in [0.25, 0.3) is 11.1 Å². The lowest BCUT2D eigenvalue weighted by Crippen LogP contribution is -2.28. The van der Waals surface area contributed by atoms with Crippen LogP contribution >= 0.6 is 11.8 Å². The first kappa shape index (κ1) is 13.6. The van der Waals surface area contributed by atoms with E-state index in [0.717, 1.165) is 22.9 Å². The zero-order valence-electron chi connectivity index (χ0n) is 11.3. The summed E-state index contributed by atoms with van der Waals surface area (Å²) in [6.07, 6.45) is 5.01. The Morgan fingerprint density at radius 1 is 1.10 bits per heavy atom. The van der Waals surface area contributed by atoms with Crippen LogP contribution < -0.4 is 4.90 Å². The molecule has 0 spiro atoms. The van der Waals surface area contributed by atoms with E-state index < -0.39 is 0 Å². The van der Waals surface area contributed by atoms with Crippen LogP contribution in [0.3, 0.4) is 0 Å². The molecule has 0 saturated carbocycles. The minimum absolute atomic E-state index is 0.269. The Morgan fingerprint density at radius 3 is 2.52 bits per heavy atom. The van der Waals surface area contributed by atoms with Crippen LogP contribution in [0.4, 0.5) is 10.5 Å². The summed E-state index contributed by atoms with van der Waals surface area (Å²) < 4.78 is 0. The number of carbonyl (C=O) groups excluding carboxylic acids is 2. The molecule has 4 nitrogen and oxygen atoms in total. The Kier molecular flexibility index (Phi) is 3.58. The molecule has 0 unspecified atom stereocenters. The number of rotatable bonds is 2. The van der Waals surface area contributed by atoms with Crippen molar-refractivity contribution in [3.63, 3.8) is 0 Å². The summed E-state index contributed by atoms with van der Waals surface area (Å²) in [5.74, 6) is -0.281. The van der Waals surface area contributed by atoms with Crippen molar-refractivity contribution >= 4 is 34.7 Å². The van der Waals surface area contributed by atoms with Crippen molar-refractivity contribution < 1.29 is 9.59 Å². The molecule has 0 bridgehead atoms. The zero-order chi connectivity index (χ0) is 14.8. The van der Waals surface area contributed by atoms with E-state index in [2.05, 4.69) is 4.98 Å². The summed E-state index contributed by atoms with van der Waals surface area (Å²) >= 11 is 0.958. The van der Waals surface area contributed by atoms with Crippen LogP contribution in [0.25, 0.3) is 6.08 Å². The van der Waals surface area contributed by atoms with Crippen LogP contribution in [0.2, 0.25) is 0 Å². The Balaban J connectivity index is 1.97. The van der Waals surface area contributed by atoms with Gasteiger partial charge >= 0.3 is 0 Å². The molecule has 1 aromatic heterocycles. The quantitative estimate of drug-likeness (QED) is 0.794. The van der Waals surface area contributed by atoms with Gasteiger partial charge in [-0.1, -0.05) is 18.2 Å². The molecule has 104 valence electrons. The van der Waals surface area contributed by atoms with E-state index in [1.54, 1.807) is 36.7 Å². The summed E-state index contributed by atoms with van der Waals surface area (Å²) in [6, 6.07) is 10.9. The zero-order valence-corrected chi connectivity index (χ0v) is 12.1. The number of thioether (sulfide) groups is 1. The monoisotopic (exact) mass is 296 g/mol. The standard InChI is InChI=1S/C16H12N2O2S/c1-11-4-2-3-5-13(11)18-15(19)14(21-16(18)20)10-12-6-8-17-9-7-12/h2-10H,1H3/b14-10-. The minimum Gasteiger partial charge on any atom is -0.268 e. The van der Waals surface area contributed by atoms with Gasteiger partial charge in [0, 0.05) is 12.4 Å². The molecule has 3 rings (SSSR count). The lowest BCUT2D eigenvalue weighted by molar-refractivity contribution is -0.113. The van der Waals surface area contributed by atoms with Crippen molar-refractivity contribution in [2.45, 2.75) is 6.92 Å². The molecule has 0 aliphatic carbocycles. The maximum absolute atomic E-state index is 12.5. The number of benzene rings is 1. The number of anilines is 1. The molecule has 1 aromatic carbocycles. The van der Waals surface area contributed by atoms with Crippen LogP contribution in [-0.4, -0.2) is 16.1 Å². The molecule has 5 heteroatoms. The average Bonchev–Trinajstić information content (AvgIpc) is 2.76. The number of nitrogens with zero attached hydrogens (tertiary/aromatic N) is 2. The first-order valence-electron chi connectivity index (χ1n) is 6.40. The van der Waals surface area contributed by atoms with Gasteiger partial charge in [-0.2, -0.15) is 0 Å². The second-order valence-corrected chi connectivity index (χ2v) is 5.58. The van der Waals surface area contributed by atoms with E-state index in [1.165, 1.54) is 4.90 Å². The fourth-order valence-corrected chi connectivity index (χ4v) is 2.94. The second-order valence-electron chi connectivity index (χ2n) is 4.58. The summed E-state index contributed by atoms with van der Waals surface area (Å²) in [4.78, 5) is 30.2. The lowest BCUT2D eigenvalue weighted by atomic mass is 10.2. The van der Waals surface area contributed by atoms with Crippen LogP contribution in [0.15, 0.2) is 53.7 Å². The van der Waals surface area contributed by atoms with E-state index in [4.69, 9.17) is 0 Å².